The molecule has 18 nitrogen and oxygen atoms in total. The maximum atomic E-state index is 11.8. The van der Waals surface area contributed by atoms with Gasteiger partial charge in [-0.15, -0.1) is 28.6 Å². The molecule has 6 aromatic rings. The lowest BCUT2D eigenvalue weighted by Gasteiger charge is -2.47. The second-order valence-electron chi connectivity index (χ2n) is 22.6. The minimum Gasteiger partial charge on any atom is -0.378 e. The van der Waals surface area contributed by atoms with E-state index in [1.54, 1.807) is 65.3 Å². The first-order valence-corrected chi connectivity index (χ1v) is 35.5. The lowest BCUT2D eigenvalue weighted by Crippen LogP contribution is -2.58. The summed E-state index contributed by atoms with van der Waals surface area (Å²) in [5.74, 6) is 13.9. The van der Waals surface area contributed by atoms with Gasteiger partial charge in [-0.2, -0.15) is 5.10 Å². The molecule has 26 heteroatoms. The largest absolute Gasteiger partial charge is 0.378 e. The Balaban J connectivity index is 0.000000129. The molecule has 1 aliphatic carbocycles. The average Bonchev–Trinajstić information content (AvgIpc) is 1.22. The summed E-state index contributed by atoms with van der Waals surface area (Å²) in [5, 5.41) is 9.91. The molecule has 3 spiro atoms. The Morgan fingerprint density at radius 3 is 1.54 bits per heavy atom. The van der Waals surface area contributed by atoms with Crippen molar-refractivity contribution in [2.45, 2.75) is 90.7 Å². The number of sulfone groups is 3. The Morgan fingerprint density at radius 2 is 1.05 bits per heavy atom. The summed E-state index contributed by atoms with van der Waals surface area (Å²) in [5.41, 5.74) is 24.5. The van der Waals surface area contributed by atoms with Crippen LogP contribution in [0.3, 0.4) is 0 Å². The van der Waals surface area contributed by atoms with Crippen LogP contribution in [-0.2, 0) is 46.1 Å². The van der Waals surface area contributed by atoms with Crippen LogP contribution < -0.4 is 17.2 Å². The summed E-state index contributed by atoms with van der Waals surface area (Å²) in [6.45, 7) is 14.9. The van der Waals surface area contributed by atoms with Gasteiger partial charge in [-0.3, -0.25) is 29.9 Å². The zero-order valence-electron chi connectivity index (χ0n) is 45.0. The van der Waals surface area contributed by atoms with E-state index >= 15 is 0 Å². The zero-order chi connectivity index (χ0) is 58.1. The lowest BCUT2D eigenvalue weighted by atomic mass is 9.85. The number of amidine groups is 3. The van der Waals surface area contributed by atoms with E-state index in [1.807, 2.05) is 49.8 Å². The highest BCUT2D eigenvalue weighted by Gasteiger charge is 2.58. The molecular formula is C56H56N12O6S8. The first-order valence-electron chi connectivity index (χ1n) is 25.9. The molecular weight excluding hydrogens is 1190 g/mol. The van der Waals surface area contributed by atoms with Crippen molar-refractivity contribution in [3.05, 3.63) is 129 Å². The van der Waals surface area contributed by atoms with E-state index in [0.717, 1.165) is 54.4 Å². The smallest absolute Gasteiger partial charge is 0.205 e. The van der Waals surface area contributed by atoms with Gasteiger partial charge < -0.3 is 17.2 Å². The monoisotopic (exact) mass is 1250 g/mol. The van der Waals surface area contributed by atoms with Gasteiger partial charge in [0.05, 0.1) is 90.0 Å². The average molecular weight is 1250 g/mol. The molecule has 7 aliphatic rings. The van der Waals surface area contributed by atoms with Crippen LogP contribution >= 0.6 is 58.0 Å². The fraction of sp³-hybridized carbons (Fsp3) is 0.393. The molecule has 82 heavy (non-hydrogen) atoms. The molecule has 6 aromatic heterocycles. The van der Waals surface area contributed by atoms with Crippen LogP contribution in [0.4, 0.5) is 5.69 Å². The van der Waals surface area contributed by atoms with Gasteiger partial charge in [-0.05, 0) is 118 Å². The first kappa shape index (κ1) is 57.8. The second kappa shape index (κ2) is 21.2. The van der Waals surface area contributed by atoms with E-state index in [9.17, 15) is 25.3 Å². The van der Waals surface area contributed by atoms with Gasteiger partial charge in [0.1, 0.15) is 0 Å². The topological polar surface area (TPSA) is 278 Å². The van der Waals surface area contributed by atoms with Gasteiger partial charge in [0, 0.05) is 75.1 Å². The van der Waals surface area contributed by atoms with Crippen molar-refractivity contribution in [2.24, 2.45) is 38.1 Å². The lowest BCUT2D eigenvalue weighted by molar-refractivity contribution is 0.387. The molecule has 0 amide bonds. The number of aliphatic imine (C=N–C) groups is 3. The Kier molecular flexibility index (Phi) is 15.0. The van der Waals surface area contributed by atoms with Crippen LogP contribution in [0, 0.1) is 36.2 Å². The summed E-state index contributed by atoms with van der Waals surface area (Å²) in [4.78, 5) is 32.3. The number of nitrogens with zero attached hydrogens (tertiary/aromatic N) is 9. The molecule has 0 bridgehead atoms. The predicted molar refractivity (Wildman–Crippen MR) is 333 cm³/mol. The molecule has 3 saturated heterocycles. The van der Waals surface area contributed by atoms with Crippen LogP contribution in [0.2, 0.25) is 0 Å². The van der Waals surface area contributed by atoms with Crippen molar-refractivity contribution in [2.75, 3.05) is 34.5 Å². The van der Waals surface area contributed by atoms with Gasteiger partial charge in [-0.25, -0.2) is 34.8 Å². The van der Waals surface area contributed by atoms with Gasteiger partial charge in [0.15, 0.2) is 45.0 Å². The van der Waals surface area contributed by atoms with E-state index in [1.165, 1.54) is 54.3 Å². The highest BCUT2D eigenvalue weighted by atomic mass is 32.2. The predicted octanol–water partition coefficient (Wildman–Crippen LogP) is 8.07. The molecule has 1 saturated carbocycles. The quantitative estimate of drug-likeness (QED) is 0.105. The van der Waals surface area contributed by atoms with Gasteiger partial charge >= 0.3 is 0 Å². The van der Waals surface area contributed by atoms with Crippen LogP contribution in [0.15, 0.2) is 106 Å². The molecule has 0 radical (unpaired) electrons. The van der Waals surface area contributed by atoms with E-state index in [4.69, 9.17) is 28.8 Å². The Hall–Kier alpha value is -6.02. The molecule has 424 valence electrons. The number of thiophene rings is 2. The van der Waals surface area contributed by atoms with Crippen molar-refractivity contribution in [1.29, 1.82) is 0 Å². The van der Waals surface area contributed by atoms with E-state index in [2.05, 4.69) is 83.0 Å². The molecule has 3 atom stereocenters. The van der Waals surface area contributed by atoms with Crippen LogP contribution in [0.25, 0.3) is 32.8 Å². The maximum absolute atomic E-state index is 11.8. The minimum absolute atomic E-state index is 0.145. The van der Waals surface area contributed by atoms with Crippen LogP contribution in [0.5, 0.6) is 0 Å². The standard InChI is InChI=1S/C21H21N3O2S3.C18H19N5O2S2.C17H16N4O2S3/c1-20(11-21(28-19(22)24-20)12-29(25,26)13-21)18-7-17(10-27-18)16-6-15(8-23-9-16)5-4-14-2-3-14;1-3-4-13-5-15(8-20-6-13)23-9-14(7-21-23)17(2)10-18(26-16(19)22-17)11-27(24,25)12-18;1-16(8-17(25-15(18)21-16)9-26(22,23)10-17)14-4-12(7-24-14)11-3-13(19-2)6-20-5-11/h6-10,14H,2-3,11-13H2,1H3,(H2,22,24);5-9H,10-12H2,1-2H3,(H2,19,22);3-7H,8-10H2,1H3,(H2,18,21). The summed E-state index contributed by atoms with van der Waals surface area (Å²) < 4.78 is 71.3. The number of aromatic nitrogens is 5. The second-order valence-corrected chi connectivity index (χ2v) is 35.1. The number of nitrogens with two attached hydrogens (primary N) is 3. The number of hydrogen-bond acceptors (Lipinski definition) is 21. The van der Waals surface area contributed by atoms with Crippen molar-refractivity contribution in [1.82, 2.24) is 24.7 Å². The van der Waals surface area contributed by atoms with Crippen LogP contribution in [-0.4, -0.2) is 114 Å². The maximum Gasteiger partial charge on any atom is 0.205 e. The summed E-state index contributed by atoms with van der Waals surface area (Å²) >= 11 is 7.40. The zero-order valence-corrected chi connectivity index (χ0v) is 51.5. The first-order chi connectivity index (χ1) is 38.7. The normalized spacial score (nSPS) is 26.0. The third-order valence-corrected chi connectivity index (χ3v) is 27.8. The molecule has 6 aliphatic heterocycles. The highest BCUT2D eigenvalue weighted by molar-refractivity contribution is 8.17. The molecule has 4 fully saturated rings. The van der Waals surface area contributed by atoms with Gasteiger partial charge in [0.2, 0.25) is 5.69 Å². The third kappa shape index (κ3) is 12.4. The summed E-state index contributed by atoms with van der Waals surface area (Å²) in [6, 6.07) is 9.97. The molecule has 6 N–H and O–H groups in total. The van der Waals surface area contributed by atoms with Crippen molar-refractivity contribution >= 4 is 109 Å². The van der Waals surface area contributed by atoms with E-state index in [0.29, 0.717) is 46.4 Å². The number of rotatable bonds is 6. The van der Waals surface area contributed by atoms with Crippen molar-refractivity contribution in [3.8, 4) is 51.6 Å². The number of thioether (sulfide) groups is 3. The highest BCUT2D eigenvalue weighted by Crippen LogP contribution is 2.54. The molecule has 12 heterocycles. The molecule has 13 rings (SSSR count). The van der Waals surface area contributed by atoms with Crippen molar-refractivity contribution < 1.29 is 25.3 Å². The Morgan fingerprint density at radius 1 is 0.585 bits per heavy atom. The Labute approximate surface area is 498 Å². The third-order valence-electron chi connectivity index (χ3n) is 14.9. The van der Waals surface area contributed by atoms with Crippen molar-refractivity contribution in [3.63, 3.8) is 0 Å². The SMILES string of the molecule is CC#Cc1cncc(-n2cc(C3(C)CC4(CS(=O)(=O)C4)SC(N)=N3)cn2)c1.CC1(c2cc(-c3cncc(C#CC4CC4)c3)cs2)CC2(CS(=O)(=O)C2)SC(N)=N1.[C-]#[N+]c1cncc(-c2csc(C3(C)CC4(CS(=O)(=O)C4)SC(N)=N3)c2)c1. The van der Waals surface area contributed by atoms with E-state index < -0.39 is 46.1 Å². The van der Waals surface area contributed by atoms with E-state index in [-0.39, 0.29) is 48.8 Å². The molecule has 0 aromatic carbocycles. The number of pyridine rings is 3. The number of hydrogen-bond donors (Lipinski definition) is 3. The van der Waals surface area contributed by atoms with Gasteiger partial charge in [0.25, 0.3) is 0 Å². The minimum atomic E-state index is -2.97. The summed E-state index contributed by atoms with van der Waals surface area (Å²) in [7, 11) is -8.87. The fourth-order valence-corrected chi connectivity index (χ4v) is 26.6. The van der Waals surface area contributed by atoms with Crippen LogP contribution in [0.1, 0.15) is 86.2 Å². The fourth-order valence-electron chi connectivity index (χ4n) is 11.6. The van der Waals surface area contributed by atoms with Gasteiger partial charge in [-0.1, -0.05) is 53.0 Å². The summed E-state index contributed by atoms with van der Waals surface area (Å²) in [6.07, 6.45) is 18.3. The Bertz CT molecular complexity index is 4180. The molecule has 3 unspecified atom stereocenters.